The van der Waals surface area contributed by atoms with E-state index >= 15 is 0 Å². The molecule has 76 valence electrons. The quantitative estimate of drug-likeness (QED) is 0.713. The van der Waals surface area contributed by atoms with E-state index in [1.54, 1.807) is 6.92 Å². The Kier molecular flexibility index (Phi) is 3.76. The first-order chi connectivity index (χ1) is 6.09. The zero-order chi connectivity index (χ0) is 9.84. The van der Waals surface area contributed by atoms with Gasteiger partial charge in [-0.3, -0.25) is 4.79 Å². The van der Waals surface area contributed by atoms with Gasteiger partial charge < -0.3 is 5.11 Å². The molecule has 0 aromatic carbocycles. The second-order valence-corrected chi connectivity index (χ2v) is 4.61. The van der Waals surface area contributed by atoms with Crippen LogP contribution in [0.4, 0.5) is 0 Å². The van der Waals surface area contributed by atoms with Crippen molar-refractivity contribution in [3.63, 3.8) is 0 Å². The highest BCUT2D eigenvalue weighted by atomic mass is 16.4. The SMILES string of the molecule is CC(CC1CCC1)CC(C)C(=O)O. The Morgan fingerprint density at radius 1 is 1.46 bits per heavy atom. The number of carboxylic acids is 1. The molecule has 1 saturated carbocycles. The number of carboxylic acid groups (broad SMARTS) is 1. The van der Waals surface area contributed by atoms with Gasteiger partial charge in [0.05, 0.1) is 5.92 Å². The summed E-state index contributed by atoms with van der Waals surface area (Å²) in [6.45, 7) is 3.98. The highest BCUT2D eigenvalue weighted by Gasteiger charge is 2.22. The average molecular weight is 184 g/mol. The molecule has 2 atom stereocenters. The molecule has 0 spiro atoms. The first kappa shape index (κ1) is 10.6. The Hall–Kier alpha value is -0.530. The second-order valence-electron chi connectivity index (χ2n) is 4.61. The predicted octanol–water partition coefficient (Wildman–Crippen LogP) is 2.92. The fourth-order valence-corrected chi connectivity index (χ4v) is 2.10. The first-order valence-electron chi connectivity index (χ1n) is 5.32. The van der Waals surface area contributed by atoms with Crippen molar-refractivity contribution in [3.05, 3.63) is 0 Å². The molecular weight excluding hydrogens is 164 g/mol. The molecule has 13 heavy (non-hydrogen) atoms. The molecule has 1 fully saturated rings. The molecule has 0 aromatic rings. The molecular formula is C11H20O2. The van der Waals surface area contributed by atoms with E-state index in [2.05, 4.69) is 6.92 Å². The smallest absolute Gasteiger partial charge is 0.306 e. The van der Waals surface area contributed by atoms with Crippen molar-refractivity contribution in [2.24, 2.45) is 17.8 Å². The van der Waals surface area contributed by atoms with Crippen LogP contribution in [0.15, 0.2) is 0 Å². The molecule has 0 bridgehead atoms. The summed E-state index contributed by atoms with van der Waals surface area (Å²) in [6.07, 6.45) is 6.19. The molecule has 0 aromatic heterocycles. The van der Waals surface area contributed by atoms with Crippen molar-refractivity contribution in [2.45, 2.75) is 46.0 Å². The van der Waals surface area contributed by atoms with Gasteiger partial charge in [0.2, 0.25) is 0 Å². The predicted molar refractivity (Wildman–Crippen MR) is 52.5 cm³/mol. The van der Waals surface area contributed by atoms with Crippen LogP contribution >= 0.6 is 0 Å². The van der Waals surface area contributed by atoms with Crippen LogP contribution < -0.4 is 0 Å². The first-order valence-corrected chi connectivity index (χ1v) is 5.32. The second kappa shape index (κ2) is 4.64. The van der Waals surface area contributed by atoms with Crippen molar-refractivity contribution in [2.75, 3.05) is 0 Å². The molecule has 1 aliphatic carbocycles. The van der Waals surface area contributed by atoms with Gasteiger partial charge in [-0.1, -0.05) is 33.1 Å². The number of hydrogen-bond acceptors (Lipinski definition) is 1. The van der Waals surface area contributed by atoms with Crippen LogP contribution in [0, 0.1) is 17.8 Å². The normalized spacial score (nSPS) is 22.0. The summed E-state index contributed by atoms with van der Waals surface area (Å²) in [7, 11) is 0. The molecule has 1 aliphatic rings. The minimum atomic E-state index is -0.652. The summed E-state index contributed by atoms with van der Waals surface area (Å²) < 4.78 is 0. The molecule has 0 amide bonds. The van der Waals surface area contributed by atoms with Crippen molar-refractivity contribution in [1.29, 1.82) is 0 Å². The number of aliphatic carboxylic acids is 1. The molecule has 1 rings (SSSR count). The van der Waals surface area contributed by atoms with Crippen LogP contribution in [-0.4, -0.2) is 11.1 Å². The van der Waals surface area contributed by atoms with Crippen LogP contribution in [0.1, 0.15) is 46.0 Å². The summed E-state index contributed by atoms with van der Waals surface area (Å²) in [6, 6.07) is 0. The minimum absolute atomic E-state index is 0.171. The van der Waals surface area contributed by atoms with Crippen LogP contribution in [-0.2, 0) is 4.79 Å². The van der Waals surface area contributed by atoms with Crippen LogP contribution in [0.25, 0.3) is 0 Å². The third kappa shape index (κ3) is 3.37. The van der Waals surface area contributed by atoms with Gasteiger partial charge in [0.1, 0.15) is 0 Å². The van der Waals surface area contributed by atoms with E-state index in [0.717, 1.165) is 12.3 Å². The molecule has 2 nitrogen and oxygen atoms in total. The van der Waals surface area contributed by atoms with E-state index in [-0.39, 0.29) is 5.92 Å². The standard InChI is InChI=1S/C11H20O2/c1-8(6-9(2)11(12)13)7-10-4-3-5-10/h8-10H,3-7H2,1-2H3,(H,12,13). The molecule has 1 N–H and O–H groups in total. The Balaban J connectivity index is 2.15. The Morgan fingerprint density at radius 3 is 2.46 bits per heavy atom. The van der Waals surface area contributed by atoms with Gasteiger partial charge in [0.25, 0.3) is 0 Å². The third-order valence-electron chi connectivity index (χ3n) is 3.14. The largest absolute Gasteiger partial charge is 0.481 e. The average Bonchev–Trinajstić information content (AvgIpc) is 1.96. The van der Waals surface area contributed by atoms with Crippen LogP contribution in [0.2, 0.25) is 0 Å². The number of hydrogen-bond donors (Lipinski definition) is 1. The van der Waals surface area contributed by atoms with E-state index in [1.807, 2.05) is 0 Å². The molecule has 0 aliphatic heterocycles. The highest BCUT2D eigenvalue weighted by Crippen LogP contribution is 2.33. The maximum absolute atomic E-state index is 10.6. The molecule has 0 saturated heterocycles. The lowest BCUT2D eigenvalue weighted by Gasteiger charge is -2.28. The fraction of sp³-hybridized carbons (Fsp3) is 0.909. The zero-order valence-electron chi connectivity index (χ0n) is 8.62. The maximum Gasteiger partial charge on any atom is 0.306 e. The fourth-order valence-electron chi connectivity index (χ4n) is 2.10. The molecule has 2 heteroatoms. The summed E-state index contributed by atoms with van der Waals surface area (Å²) in [5, 5.41) is 8.74. The van der Waals surface area contributed by atoms with E-state index < -0.39 is 5.97 Å². The lowest BCUT2D eigenvalue weighted by molar-refractivity contribution is -0.141. The Morgan fingerprint density at radius 2 is 2.08 bits per heavy atom. The summed E-state index contributed by atoms with van der Waals surface area (Å²) >= 11 is 0. The van der Waals surface area contributed by atoms with Gasteiger partial charge >= 0.3 is 5.97 Å². The molecule has 0 heterocycles. The third-order valence-corrected chi connectivity index (χ3v) is 3.14. The van der Waals surface area contributed by atoms with E-state index in [1.165, 1.54) is 25.7 Å². The zero-order valence-corrected chi connectivity index (χ0v) is 8.62. The van der Waals surface area contributed by atoms with Crippen molar-refractivity contribution in [3.8, 4) is 0 Å². The molecule has 0 radical (unpaired) electrons. The minimum Gasteiger partial charge on any atom is -0.481 e. The summed E-state index contributed by atoms with van der Waals surface area (Å²) in [5.41, 5.74) is 0. The number of carbonyl (C=O) groups is 1. The van der Waals surface area contributed by atoms with Gasteiger partial charge in [-0.25, -0.2) is 0 Å². The highest BCUT2D eigenvalue weighted by molar-refractivity contribution is 5.69. The molecule has 2 unspecified atom stereocenters. The summed E-state index contributed by atoms with van der Waals surface area (Å²) in [5.74, 6) is 0.655. The van der Waals surface area contributed by atoms with E-state index in [9.17, 15) is 4.79 Å². The van der Waals surface area contributed by atoms with E-state index in [0.29, 0.717) is 5.92 Å². The van der Waals surface area contributed by atoms with Gasteiger partial charge in [0.15, 0.2) is 0 Å². The van der Waals surface area contributed by atoms with E-state index in [4.69, 9.17) is 5.11 Å². The van der Waals surface area contributed by atoms with Crippen molar-refractivity contribution >= 4 is 5.97 Å². The topological polar surface area (TPSA) is 37.3 Å². The Labute approximate surface area is 80.3 Å². The van der Waals surface area contributed by atoms with Crippen LogP contribution in [0.3, 0.4) is 0 Å². The lowest BCUT2D eigenvalue weighted by Crippen LogP contribution is -2.18. The van der Waals surface area contributed by atoms with Gasteiger partial charge in [-0.05, 0) is 24.7 Å². The van der Waals surface area contributed by atoms with Gasteiger partial charge in [0, 0.05) is 0 Å². The van der Waals surface area contributed by atoms with Crippen molar-refractivity contribution in [1.82, 2.24) is 0 Å². The lowest BCUT2D eigenvalue weighted by atomic mass is 9.77. The number of rotatable bonds is 5. The van der Waals surface area contributed by atoms with Crippen molar-refractivity contribution < 1.29 is 9.90 Å². The Bertz CT molecular complexity index is 173. The maximum atomic E-state index is 10.6. The van der Waals surface area contributed by atoms with Gasteiger partial charge in [-0.2, -0.15) is 0 Å². The van der Waals surface area contributed by atoms with Crippen LogP contribution in [0.5, 0.6) is 0 Å². The van der Waals surface area contributed by atoms with Gasteiger partial charge in [-0.15, -0.1) is 0 Å². The summed E-state index contributed by atoms with van der Waals surface area (Å²) in [4.78, 5) is 10.6. The monoisotopic (exact) mass is 184 g/mol.